The number of hydrogen-bond donors (Lipinski definition) is 2. The highest BCUT2D eigenvalue weighted by molar-refractivity contribution is 5.90. The first kappa shape index (κ1) is 24.7. The average Bonchev–Trinajstić information content (AvgIpc) is 2.76. The van der Waals surface area contributed by atoms with Gasteiger partial charge in [-0.15, -0.1) is 0 Å². The van der Waals surface area contributed by atoms with Crippen LogP contribution in [0.15, 0.2) is 64.6 Å². The summed E-state index contributed by atoms with van der Waals surface area (Å²) in [6.07, 6.45) is 3.18. The van der Waals surface area contributed by atoms with E-state index in [9.17, 15) is 15.5 Å². The predicted octanol–water partition coefficient (Wildman–Crippen LogP) is 7.07. The van der Waals surface area contributed by atoms with Gasteiger partial charge in [0, 0.05) is 23.6 Å². The van der Waals surface area contributed by atoms with E-state index in [4.69, 9.17) is 0 Å². The first-order chi connectivity index (χ1) is 15.9. The van der Waals surface area contributed by atoms with Crippen LogP contribution in [0.1, 0.15) is 69.4 Å². The Bertz CT molecular complexity index is 1300. The molecule has 0 aliphatic rings. The number of phenols is 2. The van der Waals surface area contributed by atoms with Crippen molar-refractivity contribution >= 4 is 23.8 Å². The summed E-state index contributed by atoms with van der Waals surface area (Å²) >= 11 is 0. The van der Waals surface area contributed by atoms with Crippen LogP contribution in [0.5, 0.6) is 11.5 Å². The van der Waals surface area contributed by atoms with Crippen LogP contribution < -0.4 is 0 Å². The van der Waals surface area contributed by atoms with Gasteiger partial charge in [0.25, 0.3) is 0 Å². The van der Waals surface area contributed by atoms with Gasteiger partial charge in [-0.3, -0.25) is 9.98 Å². The molecule has 5 heteroatoms. The second-order valence-electron chi connectivity index (χ2n) is 10.3. The molecule has 0 aliphatic heterocycles. The number of nitrogens with zero attached hydrogens (tertiary/aromatic N) is 3. The molecule has 5 nitrogen and oxygen atoms in total. The third kappa shape index (κ3) is 5.52. The molecule has 0 atom stereocenters. The maximum atomic E-state index is 10.7. The number of rotatable bonds is 4. The second kappa shape index (κ2) is 9.52. The Kier molecular flexibility index (Phi) is 6.93. The van der Waals surface area contributed by atoms with E-state index in [1.165, 1.54) is 0 Å². The van der Waals surface area contributed by atoms with Crippen LogP contribution in [0.2, 0.25) is 0 Å². The van der Waals surface area contributed by atoms with E-state index in [-0.39, 0.29) is 22.3 Å². The van der Waals surface area contributed by atoms with Gasteiger partial charge in [-0.25, -0.2) is 0 Å². The number of aliphatic imine (C=N–C) groups is 2. The fourth-order valence-corrected chi connectivity index (χ4v) is 3.63. The number of hydrogen-bond acceptors (Lipinski definition) is 5. The predicted molar refractivity (Wildman–Crippen MR) is 139 cm³/mol. The minimum atomic E-state index is -0.215. The van der Waals surface area contributed by atoms with Crippen LogP contribution in [0.3, 0.4) is 0 Å². The van der Waals surface area contributed by atoms with Crippen molar-refractivity contribution in [1.82, 2.24) is 0 Å². The molecule has 3 aromatic carbocycles. The lowest BCUT2D eigenvalue weighted by molar-refractivity contribution is 0.445. The summed E-state index contributed by atoms with van der Waals surface area (Å²) < 4.78 is 0. The maximum Gasteiger partial charge on any atom is 0.128 e. The van der Waals surface area contributed by atoms with Gasteiger partial charge in [0.1, 0.15) is 11.5 Å². The molecule has 3 rings (SSSR count). The normalized spacial score (nSPS) is 12.4. The van der Waals surface area contributed by atoms with Gasteiger partial charge in [0.2, 0.25) is 0 Å². The molecule has 0 saturated heterocycles. The molecule has 0 amide bonds. The van der Waals surface area contributed by atoms with Gasteiger partial charge in [-0.05, 0) is 52.3 Å². The van der Waals surface area contributed by atoms with E-state index in [1.54, 1.807) is 42.8 Å². The quantitative estimate of drug-likeness (QED) is 0.414. The molecule has 0 unspecified atom stereocenters. The Hall–Kier alpha value is -3.91. The zero-order valence-corrected chi connectivity index (χ0v) is 20.6. The topological polar surface area (TPSA) is 89.0 Å². The fraction of sp³-hybridized carbons (Fsp3) is 0.276. The number of para-hydroxylation sites is 2. The van der Waals surface area contributed by atoms with Gasteiger partial charge in [-0.2, -0.15) is 5.26 Å². The first-order valence-electron chi connectivity index (χ1n) is 11.2. The number of nitriles is 1. The van der Waals surface area contributed by atoms with Crippen LogP contribution in [-0.2, 0) is 10.8 Å². The van der Waals surface area contributed by atoms with Crippen molar-refractivity contribution in [3.63, 3.8) is 0 Å². The Morgan fingerprint density at radius 2 is 1.18 bits per heavy atom. The molecule has 0 radical (unpaired) electrons. The molecule has 0 fully saturated rings. The van der Waals surface area contributed by atoms with E-state index < -0.39 is 0 Å². The van der Waals surface area contributed by atoms with Crippen molar-refractivity contribution in [2.45, 2.75) is 52.4 Å². The van der Waals surface area contributed by atoms with Crippen LogP contribution in [0, 0.1) is 11.3 Å². The number of aromatic hydroxyl groups is 2. The molecule has 0 bridgehead atoms. The SMILES string of the molecule is CC(C)(C)c1cccc(C=Nc2ccc(C#N)cc2N=Cc2cccc(C(C)(C)C)c2O)c1O. The summed E-state index contributed by atoms with van der Waals surface area (Å²) in [4.78, 5) is 9.10. The zero-order chi connectivity index (χ0) is 25.1. The van der Waals surface area contributed by atoms with Gasteiger partial charge in [0.15, 0.2) is 0 Å². The fourth-order valence-electron chi connectivity index (χ4n) is 3.63. The van der Waals surface area contributed by atoms with Gasteiger partial charge >= 0.3 is 0 Å². The molecule has 34 heavy (non-hydrogen) atoms. The van der Waals surface area contributed by atoms with Gasteiger partial charge in [0.05, 0.1) is 23.0 Å². The summed E-state index contributed by atoms with van der Waals surface area (Å²) in [5.74, 6) is 0.380. The van der Waals surface area contributed by atoms with Gasteiger partial charge < -0.3 is 10.2 Å². The van der Waals surface area contributed by atoms with Crippen molar-refractivity contribution in [2.24, 2.45) is 9.98 Å². The molecule has 0 aliphatic carbocycles. The lowest BCUT2D eigenvalue weighted by Gasteiger charge is -2.21. The second-order valence-corrected chi connectivity index (χ2v) is 10.3. The summed E-state index contributed by atoms with van der Waals surface area (Å²) in [7, 11) is 0. The van der Waals surface area contributed by atoms with Crippen molar-refractivity contribution in [2.75, 3.05) is 0 Å². The van der Waals surface area contributed by atoms with Crippen molar-refractivity contribution in [3.8, 4) is 17.6 Å². The van der Waals surface area contributed by atoms with Gasteiger partial charge in [-0.1, -0.05) is 65.8 Å². The van der Waals surface area contributed by atoms with Crippen LogP contribution in [0.4, 0.5) is 11.4 Å². The molecule has 0 aromatic heterocycles. The molecule has 0 heterocycles. The van der Waals surface area contributed by atoms with Crippen LogP contribution in [0.25, 0.3) is 0 Å². The minimum Gasteiger partial charge on any atom is -0.507 e. The molecule has 0 saturated carbocycles. The Morgan fingerprint density at radius 3 is 1.62 bits per heavy atom. The minimum absolute atomic E-state index is 0.184. The average molecular weight is 454 g/mol. The lowest BCUT2D eigenvalue weighted by atomic mass is 9.85. The number of benzene rings is 3. The first-order valence-corrected chi connectivity index (χ1v) is 11.2. The van der Waals surface area contributed by atoms with E-state index in [2.05, 4.69) is 16.1 Å². The highest BCUT2D eigenvalue weighted by Gasteiger charge is 2.20. The van der Waals surface area contributed by atoms with Crippen LogP contribution >= 0.6 is 0 Å². The Morgan fingerprint density at radius 1 is 0.706 bits per heavy atom. The number of phenolic OH excluding ortho intramolecular Hbond substituents is 2. The highest BCUT2D eigenvalue weighted by Crippen LogP contribution is 2.35. The van der Waals surface area contributed by atoms with Crippen molar-refractivity contribution in [1.29, 1.82) is 5.26 Å². The molecular formula is C29H31N3O2. The third-order valence-electron chi connectivity index (χ3n) is 5.54. The largest absolute Gasteiger partial charge is 0.507 e. The van der Waals surface area contributed by atoms with Crippen LogP contribution in [-0.4, -0.2) is 22.6 Å². The zero-order valence-electron chi connectivity index (χ0n) is 20.6. The molecule has 0 spiro atoms. The van der Waals surface area contributed by atoms with E-state index in [1.807, 2.05) is 65.8 Å². The van der Waals surface area contributed by atoms with E-state index in [0.29, 0.717) is 28.1 Å². The lowest BCUT2D eigenvalue weighted by Crippen LogP contribution is -2.11. The standard InChI is InChI=1S/C29H31N3O2/c1-28(2,3)22-11-7-9-20(26(22)33)17-31-24-14-13-19(16-30)15-25(24)32-18-21-10-8-12-23(27(21)34)29(4,5)6/h7-15,17-18,33-34H,1-6H3. The summed E-state index contributed by atoms with van der Waals surface area (Å²) in [5.41, 5.74) is 3.91. The monoisotopic (exact) mass is 453 g/mol. The molecular weight excluding hydrogens is 422 g/mol. The van der Waals surface area contributed by atoms with E-state index in [0.717, 1.165) is 11.1 Å². The summed E-state index contributed by atoms with van der Waals surface area (Å²) in [6, 6.07) is 18.4. The smallest absolute Gasteiger partial charge is 0.128 e. The Labute approximate surface area is 201 Å². The third-order valence-corrected chi connectivity index (χ3v) is 5.54. The summed E-state index contributed by atoms with van der Waals surface area (Å²) in [6.45, 7) is 12.2. The van der Waals surface area contributed by atoms with Crippen molar-refractivity contribution in [3.05, 3.63) is 82.4 Å². The molecule has 174 valence electrons. The summed E-state index contributed by atoms with van der Waals surface area (Å²) in [5, 5.41) is 30.8. The van der Waals surface area contributed by atoms with Crippen molar-refractivity contribution < 1.29 is 10.2 Å². The maximum absolute atomic E-state index is 10.7. The molecule has 2 N–H and O–H groups in total. The highest BCUT2D eigenvalue weighted by atomic mass is 16.3. The Balaban J connectivity index is 2.02. The molecule has 3 aromatic rings. The van der Waals surface area contributed by atoms with E-state index >= 15 is 0 Å².